The van der Waals surface area contributed by atoms with Gasteiger partial charge in [0.2, 0.25) is 0 Å². The van der Waals surface area contributed by atoms with E-state index in [-0.39, 0.29) is 5.91 Å². The zero-order valence-electron chi connectivity index (χ0n) is 15.8. The Labute approximate surface area is 168 Å². The SMILES string of the molecule is COc1ccccc1C(=O)Nc1ccccc1-c1nc(Cc2ccccc2)no1. The predicted molar refractivity (Wildman–Crippen MR) is 110 cm³/mol. The van der Waals surface area contributed by atoms with Gasteiger partial charge in [-0.05, 0) is 29.8 Å². The van der Waals surface area contributed by atoms with Gasteiger partial charge in [0, 0.05) is 6.42 Å². The molecule has 0 unspecified atom stereocenters. The van der Waals surface area contributed by atoms with Gasteiger partial charge in [-0.25, -0.2) is 0 Å². The zero-order valence-corrected chi connectivity index (χ0v) is 15.8. The summed E-state index contributed by atoms with van der Waals surface area (Å²) in [4.78, 5) is 17.3. The molecule has 4 rings (SSSR count). The highest BCUT2D eigenvalue weighted by atomic mass is 16.5. The lowest BCUT2D eigenvalue weighted by atomic mass is 10.1. The van der Waals surface area contributed by atoms with Crippen molar-refractivity contribution in [3.05, 3.63) is 95.8 Å². The van der Waals surface area contributed by atoms with E-state index >= 15 is 0 Å². The lowest BCUT2D eigenvalue weighted by molar-refractivity contribution is 0.102. The number of nitrogens with zero attached hydrogens (tertiary/aromatic N) is 2. The van der Waals surface area contributed by atoms with Gasteiger partial charge in [0.1, 0.15) is 5.75 Å². The summed E-state index contributed by atoms with van der Waals surface area (Å²) in [5.41, 5.74) is 2.78. The molecule has 1 aromatic heterocycles. The highest BCUT2D eigenvalue weighted by molar-refractivity contribution is 6.07. The van der Waals surface area contributed by atoms with Crippen LogP contribution in [0.2, 0.25) is 0 Å². The first-order chi connectivity index (χ1) is 14.2. The summed E-state index contributed by atoms with van der Waals surface area (Å²) in [6.45, 7) is 0. The van der Waals surface area contributed by atoms with E-state index in [0.29, 0.717) is 40.7 Å². The Bertz CT molecular complexity index is 1120. The zero-order chi connectivity index (χ0) is 20.1. The summed E-state index contributed by atoms with van der Waals surface area (Å²) in [6, 6.07) is 24.3. The highest BCUT2D eigenvalue weighted by Crippen LogP contribution is 2.28. The van der Waals surface area contributed by atoms with Gasteiger partial charge >= 0.3 is 0 Å². The molecule has 6 nitrogen and oxygen atoms in total. The molecule has 29 heavy (non-hydrogen) atoms. The van der Waals surface area contributed by atoms with Crippen molar-refractivity contribution in [2.75, 3.05) is 12.4 Å². The topological polar surface area (TPSA) is 77.2 Å². The van der Waals surface area contributed by atoms with E-state index in [4.69, 9.17) is 9.26 Å². The summed E-state index contributed by atoms with van der Waals surface area (Å²) in [7, 11) is 1.53. The Hall–Kier alpha value is -3.93. The largest absolute Gasteiger partial charge is 0.496 e. The second kappa shape index (κ2) is 8.39. The molecule has 0 aliphatic rings. The lowest BCUT2D eigenvalue weighted by Crippen LogP contribution is -2.13. The van der Waals surface area contributed by atoms with Gasteiger partial charge in [0.05, 0.1) is 23.9 Å². The van der Waals surface area contributed by atoms with Gasteiger partial charge in [-0.3, -0.25) is 4.79 Å². The van der Waals surface area contributed by atoms with Crippen molar-refractivity contribution in [2.24, 2.45) is 0 Å². The first kappa shape index (κ1) is 18.4. The molecule has 0 atom stereocenters. The van der Waals surface area contributed by atoms with Crippen LogP contribution in [0.5, 0.6) is 5.75 Å². The van der Waals surface area contributed by atoms with Crippen LogP contribution in [-0.2, 0) is 6.42 Å². The second-order valence-electron chi connectivity index (χ2n) is 6.38. The van der Waals surface area contributed by atoms with Crippen LogP contribution in [-0.4, -0.2) is 23.2 Å². The van der Waals surface area contributed by atoms with Crippen molar-refractivity contribution >= 4 is 11.6 Å². The fourth-order valence-electron chi connectivity index (χ4n) is 3.01. The molecule has 0 aliphatic heterocycles. The lowest BCUT2D eigenvalue weighted by Gasteiger charge is -2.11. The van der Waals surface area contributed by atoms with Crippen molar-refractivity contribution in [3.63, 3.8) is 0 Å². The number of benzene rings is 3. The third-order valence-electron chi connectivity index (χ3n) is 4.43. The van der Waals surface area contributed by atoms with Crippen LogP contribution in [0.15, 0.2) is 83.4 Å². The highest BCUT2D eigenvalue weighted by Gasteiger charge is 2.17. The average molecular weight is 385 g/mol. The maximum absolute atomic E-state index is 12.8. The number of anilines is 1. The van der Waals surface area contributed by atoms with Gasteiger partial charge in [-0.15, -0.1) is 0 Å². The molecule has 0 saturated carbocycles. The number of para-hydroxylation sites is 2. The summed E-state index contributed by atoms with van der Waals surface area (Å²) in [5.74, 6) is 1.16. The van der Waals surface area contributed by atoms with Gasteiger partial charge in [0.25, 0.3) is 11.8 Å². The molecule has 0 spiro atoms. The fraction of sp³-hybridized carbons (Fsp3) is 0.0870. The predicted octanol–water partition coefficient (Wildman–Crippen LogP) is 4.59. The van der Waals surface area contributed by atoms with E-state index < -0.39 is 0 Å². The molecule has 1 amide bonds. The normalized spacial score (nSPS) is 10.5. The Morgan fingerprint density at radius 3 is 2.52 bits per heavy atom. The fourth-order valence-corrected chi connectivity index (χ4v) is 3.01. The third-order valence-corrected chi connectivity index (χ3v) is 4.43. The summed E-state index contributed by atoms with van der Waals surface area (Å²) < 4.78 is 10.7. The Morgan fingerprint density at radius 2 is 1.69 bits per heavy atom. The minimum atomic E-state index is -0.279. The monoisotopic (exact) mass is 385 g/mol. The van der Waals surface area contributed by atoms with Crippen molar-refractivity contribution in [2.45, 2.75) is 6.42 Å². The Kier molecular flexibility index (Phi) is 5.33. The van der Waals surface area contributed by atoms with Crippen molar-refractivity contribution < 1.29 is 14.1 Å². The smallest absolute Gasteiger partial charge is 0.260 e. The number of hydrogen-bond acceptors (Lipinski definition) is 5. The molecular formula is C23H19N3O3. The van der Waals surface area contributed by atoms with Crippen LogP contribution in [0, 0.1) is 0 Å². The minimum Gasteiger partial charge on any atom is -0.496 e. The molecule has 1 heterocycles. The van der Waals surface area contributed by atoms with Crippen LogP contribution in [0.25, 0.3) is 11.5 Å². The number of aromatic nitrogens is 2. The standard InChI is InChI=1S/C23H19N3O3/c1-28-20-14-8-6-12-18(20)22(27)24-19-13-7-5-11-17(19)23-25-21(26-29-23)15-16-9-3-2-4-10-16/h2-14H,15H2,1H3,(H,24,27). The number of hydrogen-bond donors (Lipinski definition) is 1. The van der Waals surface area contributed by atoms with E-state index in [2.05, 4.69) is 15.5 Å². The quantitative estimate of drug-likeness (QED) is 0.525. The van der Waals surface area contributed by atoms with E-state index in [0.717, 1.165) is 5.56 Å². The van der Waals surface area contributed by atoms with Crippen LogP contribution in [0.3, 0.4) is 0 Å². The van der Waals surface area contributed by atoms with E-state index in [1.54, 1.807) is 24.3 Å². The Balaban J connectivity index is 1.58. The van der Waals surface area contributed by atoms with Crippen LogP contribution >= 0.6 is 0 Å². The number of ether oxygens (including phenoxy) is 1. The average Bonchev–Trinajstić information content (AvgIpc) is 3.23. The first-order valence-electron chi connectivity index (χ1n) is 9.15. The number of nitrogens with one attached hydrogen (secondary N) is 1. The molecule has 0 aliphatic carbocycles. The number of rotatable bonds is 6. The molecule has 144 valence electrons. The van der Waals surface area contributed by atoms with Crippen molar-refractivity contribution in [1.29, 1.82) is 0 Å². The Morgan fingerprint density at radius 1 is 0.966 bits per heavy atom. The van der Waals surface area contributed by atoms with E-state index in [1.165, 1.54) is 7.11 Å². The molecule has 1 N–H and O–H groups in total. The number of carbonyl (C=O) groups is 1. The van der Waals surface area contributed by atoms with Crippen molar-refractivity contribution in [3.8, 4) is 17.2 Å². The second-order valence-corrected chi connectivity index (χ2v) is 6.38. The maximum atomic E-state index is 12.8. The summed E-state index contributed by atoms with van der Waals surface area (Å²) in [6.07, 6.45) is 0.570. The molecule has 3 aromatic carbocycles. The molecule has 0 bridgehead atoms. The summed E-state index contributed by atoms with van der Waals surface area (Å²) in [5, 5.41) is 6.99. The number of amides is 1. The molecule has 0 fully saturated rings. The molecule has 0 saturated heterocycles. The minimum absolute atomic E-state index is 0.279. The number of methoxy groups -OCH3 is 1. The van der Waals surface area contributed by atoms with Gasteiger partial charge < -0.3 is 14.6 Å². The molecular weight excluding hydrogens is 366 g/mol. The van der Waals surface area contributed by atoms with E-state index in [9.17, 15) is 4.79 Å². The number of carbonyl (C=O) groups excluding carboxylic acids is 1. The van der Waals surface area contributed by atoms with Gasteiger partial charge in [-0.1, -0.05) is 59.8 Å². The maximum Gasteiger partial charge on any atom is 0.260 e. The van der Waals surface area contributed by atoms with Gasteiger partial charge in [-0.2, -0.15) is 4.98 Å². The van der Waals surface area contributed by atoms with Gasteiger partial charge in [0.15, 0.2) is 5.82 Å². The van der Waals surface area contributed by atoms with E-state index in [1.807, 2.05) is 54.6 Å². The molecule has 0 radical (unpaired) electrons. The first-order valence-corrected chi connectivity index (χ1v) is 9.15. The van der Waals surface area contributed by atoms with Crippen LogP contribution in [0.1, 0.15) is 21.7 Å². The molecule has 4 aromatic rings. The van der Waals surface area contributed by atoms with Crippen LogP contribution < -0.4 is 10.1 Å². The van der Waals surface area contributed by atoms with Crippen molar-refractivity contribution in [1.82, 2.24) is 10.1 Å². The summed E-state index contributed by atoms with van der Waals surface area (Å²) >= 11 is 0. The molecule has 6 heteroatoms. The van der Waals surface area contributed by atoms with Crippen LogP contribution in [0.4, 0.5) is 5.69 Å². The third kappa shape index (κ3) is 4.16.